The molecule has 114 valence electrons. The number of hydrogen-bond acceptors (Lipinski definition) is 4. The van der Waals surface area contributed by atoms with E-state index in [0.717, 1.165) is 25.8 Å². The normalized spacial score (nSPS) is 26.1. The molecule has 0 saturated carbocycles. The van der Waals surface area contributed by atoms with Gasteiger partial charge in [-0.1, -0.05) is 6.92 Å². The number of likely N-dealkylation sites (N-methyl/N-ethyl adjacent to an activating group) is 1. The van der Waals surface area contributed by atoms with E-state index in [-0.39, 0.29) is 0 Å². The van der Waals surface area contributed by atoms with Gasteiger partial charge in [0.15, 0.2) is 0 Å². The summed E-state index contributed by atoms with van der Waals surface area (Å²) in [5.74, 6) is 0. The van der Waals surface area contributed by atoms with Gasteiger partial charge in [0.2, 0.25) is 0 Å². The lowest BCUT2D eigenvalue weighted by molar-refractivity contribution is 0.0557. The van der Waals surface area contributed by atoms with Crippen LogP contribution in [0.1, 0.15) is 46.0 Å². The van der Waals surface area contributed by atoms with E-state index in [0.29, 0.717) is 12.6 Å². The van der Waals surface area contributed by atoms with Crippen molar-refractivity contribution in [3.8, 4) is 0 Å². The zero-order chi connectivity index (χ0) is 14.3. The number of nitrogens with two attached hydrogens (primary N) is 1. The Labute approximate surface area is 118 Å². The van der Waals surface area contributed by atoms with E-state index in [1.165, 1.54) is 32.5 Å². The first-order valence-corrected chi connectivity index (χ1v) is 7.83. The molecule has 0 aromatic heterocycles. The molecule has 1 fully saturated rings. The predicted octanol–water partition coefficient (Wildman–Crippen LogP) is 1.28. The van der Waals surface area contributed by atoms with Crippen LogP contribution in [0, 0.1) is 0 Å². The van der Waals surface area contributed by atoms with Crippen LogP contribution in [0.4, 0.5) is 0 Å². The average molecular weight is 271 g/mol. The van der Waals surface area contributed by atoms with E-state index >= 15 is 0 Å². The highest BCUT2D eigenvalue weighted by atomic mass is 16.3. The van der Waals surface area contributed by atoms with Crippen molar-refractivity contribution in [3.05, 3.63) is 0 Å². The maximum Gasteiger partial charge on any atom is 0.0741 e. The topological polar surface area (TPSA) is 52.7 Å². The van der Waals surface area contributed by atoms with Crippen molar-refractivity contribution in [2.45, 2.75) is 57.6 Å². The van der Waals surface area contributed by atoms with Crippen LogP contribution in [-0.2, 0) is 0 Å². The lowest BCUT2D eigenvalue weighted by Crippen LogP contribution is -2.40. The highest BCUT2D eigenvalue weighted by Crippen LogP contribution is 2.16. The Morgan fingerprint density at radius 2 is 2.05 bits per heavy atom. The number of aliphatic hydroxyl groups is 1. The van der Waals surface area contributed by atoms with Crippen LogP contribution in [0.3, 0.4) is 0 Å². The highest BCUT2D eigenvalue weighted by Gasteiger charge is 2.22. The van der Waals surface area contributed by atoms with E-state index < -0.39 is 5.60 Å². The molecule has 1 aliphatic heterocycles. The van der Waals surface area contributed by atoms with Gasteiger partial charge in [-0.15, -0.1) is 0 Å². The molecule has 0 spiro atoms. The molecule has 0 aromatic rings. The maximum atomic E-state index is 9.89. The third-order valence-electron chi connectivity index (χ3n) is 4.35. The quantitative estimate of drug-likeness (QED) is 0.685. The Bertz CT molecular complexity index is 246. The van der Waals surface area contributed by atoms with Gasteiger partial charge in [-0.2, -0.15) is 0 Å². The molecular weight excluding hydrogens is 238 g/mol. The zero-order valence-corrected chi connectivity index (χ0v) is 13.1. The van der Waals surface area contributed by atoms with E-state index in [4.69, 9.17) is 5.73 Å². The van der Waals surface area contributed by atoms with Gasteiger partial charge in [0.1, 0.15) is 0 Å². The van der Waals surface area contributed by atoms with Crippen LogP contribution in [0.5, 0.6) is 0 Å². The van der Waals surface area contributed by atoms with Gasteiger partial charge in [-0.05, 0) is 65.7 Å². The molecule has 1 saturated heterocycles. The molecule has 4 heteroatoms. The SMILES string of the molecule is CCC1CN(C)CCCN1CCCCC(C)(O)CN. The fraction of sp³-hybridized carbons (Fsp3) is 1.00. The molecule has 1 aliphatic rings. The summed E-state index contributed by atoms with van der Waals surface area (Å²) in [6.07, 6.45) is 5.54. The van der Waals surface area contributed by atoms with Crippen LogP contribution in [-0.4, -0.2) is 66.3 Å². The number of nitrogens with zero attached hydrogens (tertiary/aromatic N) is 2. The molecule has 4 nitrogen and oxygen atoms in total. The van der Waals surface area contributed by atoms with Crippen molar-refractivity contribution in [3.63, 3.8) is 0 Å². The first kappa shape index (κ1) is 16.9. The summed E-state index contributed by atoms with van der Waals surface area (Å²) in [6.45, 7) is 9.27. The minimum absolute atomic E-state index is 0.360. The van der Waals surface area contributed by atoms with Crippen LogP contribution >= 0.6 is 0 Å². The summed E-state index contributed by atoms with van der Waals surface area (Å²) in [6, 6.07) is 0.697. The van der Waals surface area contributed by atoms with Crippen LogP contribution in [0.2, 0.25) is 0 Å². The molecule has 0 radical (unpaired) electrons. The predicted molar refractivity (Wildman–Crippen MR) is 81.3 cm³/mol. The summed E-state index contributed by atoms with van der Waals surface area (Å²) in [5, 5.41) is 9.89. The van der Waals surface area contributed by atoms with Gasteiger partial charge in [0.25, 0.3) is 0 Å². The van der Waals surface area contributed by atoms with Crippen LogP contribution in [0.15, 0.2) is 0 Å². The van der Waals surface area contributed by atoms with Crippen molar-refractivity contribution >= 4 is 0 Å². The fourth-order valence-electron chi connectivity index (χ4n) is 2.90. The van der Waals surface area contributed by atoms with E-state index in [2.05, 4.69) is 23.8 Å². The number of rotatable bonds is 7. The summed E-state index contributed by atoms with van der Waals surface area (Å²) in [7, 11) is 2.23. The second-order valence-corrected chi connectivity index (χ2v) is 6.37. The fourth-order valence-corrected chi connectivity index (χ4v) is 2.90. The van der Waals surface area contributed by atoms with Gasteiger partial charge < -0.3 is 15.7 Å². The average Bonchev–Trinajstić information content (AvgIpc) is 2.56. The zero-order valence-electron chi connectivity index (χ0n) is 13.1. The van der Waals surface area contributed by atoms with Crippen molar-refractivity contribution < 1.29 is 5.11 Å². The molecule has 0 bridgehead atoms. The highest BCUT2D eigenvalue weighted by molar-refractivity contribution is 4.78. The molecule has 1 heterocycles. The summed E-state index contributed by atoms with van der Waals surface area (Å²) >= 11 is 0. The van der Waals surface area contributed by atoms with E-state index in [1.807, 2.05) is 6.92 Å². The molecule has 2 unspecified atom stereocenters. The third kappa shape index (κ3) is 6.21. The molecule has 19 heavy (non-hydrogen) atoms. The first-order valence-electron chi connectivity index (χ1n) is 7.83. The van der Waals surface area contributed by atoms with Gasteiger partial charge in [-0.25, -0.2) is 0 Å². The van der Waals surface area contributed by atoms with Crippen molar-refractivity contribution in [1.82, 2.24) is 9.80 Å². The molecule has 2 atom stereocenters. The second kappa shape index (κ2) is 8.20. The molecule has 0 amide bonds. The Morgan fingerprint density at radius 3 is 2.68 bits per heavy atom. The van der Waals surface area contributed by atoms with Crippen molar-refractivity contribution in [1.29, 1.82) is 0 Å². The molecule has 3 N–H and O–H groups in total. The van der Waals surface area contributed by atoms with Crippen molar-refractivity contribution in [2.24, 2.45) is 5.73 Å². The Morgan fingerprint density at radius 1 is 1.32 bits per heavy atom. The van der Waals surface area contributed by atoms with E-state index in [1.54, 1.807) is 0 Å². The van der Waals surface area contributed by atoms with Crippen LogP contribution < -0.4 is 5.73 Å². The molecule has 1 rings (SSSR count). The molecule has 0 aromatic carbocycles. The standard InChI is InChI=1S/C15H33N3O/c1-4-14-12-17(3)9-7-11-18(14)10-6-5-8-15(2,19)13-16/h14,19H,4-13,16H2,1-3H3. The smallest absolute Gasteiger partial charge is 0.0741 e. The van der Waals surface area contributed by atoms with E-state index in [9.17, 15) is 5.11 Å². The minimum Gasteiger partial charge on any atom is -0.389 e. The number of hydrogen-bond donors (Lipinski definition) is 2. The first-order chi connectivity index (χ1) is 8.98. The Kier molecular flexibility index (Phi) is 7.29. The third-order valence-corrected chi connectivity index (χ3v) is 4.35. The van der Waals surface area contributed by atoms with Gasteiger partial charge in [0.05, 0.1) is 5.60 Å². The van der Waals surface area contributed by atoms with Gasteiger partial charge in [-0.3, -0.25) is 4.90 Å². The molecule has 0 aliphatic carbocycles. The maximum absolute atomic E-state index is 9.89. The summed E-state index contributed by atoms with van der Waals surface area (Å²) in [4.78, 5) is 5.09. The largest absolute Gasteiger partial charge is 0.389 e. The van der Waals surface area contributed by atoms with Gasteiger partial charge in [0, 0.05) is 19.1 Å². The van der Waals surface area contributed by atoms with Gasteiger partial charge >= 0.3 is 0 Å². The van der Waals surface area contributed by atoms with Crippen LogP contribution in [0.25, 0.3) is 0 Å². The molecular formula is C15H33N3O. The lowest BCUT2D eigenvalue weighted by atomic mass is 9.99. The summed E-state index contributed by atoms with van der Waals surface area (Å²) in [5.41, 5.74) is 4.87. The second-order valence-electron chi connectivity index (χ2n) is 6.37. The van der Waals surface area contributed by atoms with Crippen molar-refractivity contribution in [2.75, 3.05) is 39.8 Å². The monoisotopic (exact) mass is 271 g/mol. The lowest BCUT2D eigenvalue weighted by Gasteiger charge is -2.30. The Balaban J connectivity index is 2.30. The minimum atomic E-state index is -0.677. The summed E-state index contributed by atoms with van der Waals surface area (Å²) < 4.78 is 0. The number of unbranched alkanes of at least 4 members (excludes halogenated alkanes) is 1. The Hall–Kier alpha value is -0.160.